The Hall–Kier alpha value is -1.17. The highest BCUT2D eigenvalue weighted by molar-refractivity contribution is 7.80. The van der Waals surface area contributed by atoms with Crippen molar-refractivity contribution in [1.29, 1.82) is 0 Å². The molecule has 0 radical (unpaired) electrons. The van der Waals surface area contributed by atoms with Gasteiger partial charge in [0.1, 0.15) is 0 Å². The number of hydrogen-bond acceptors (Lipinski definition) is 3. The highest BCUT2D eigenvalue weighted by Crippen LogP contribution is 2.18. The van der Waals surface area contributed by atoms with E-state index in [-0.39, 0.29) is 5.91 Å². The quantitative estimate of drug-likeness (QED) is 0.863. The summed E-state index contributed by atoms with van der Waals surface area (Å²) in [5, 5.41) is 0.683. The average molecular weight is 312 g/mol. The average Bonchev–Trinajstić information content (AvgIpc) is 2.41. The highest BCUT2D eigenvalue weighted by atomic mass is 35.5. The molecule has 2 rings (SSSR count). The van der Waals surface area contributed by atoms with Crippen LogP contribution in [0.2, 0.25) is 5.02 Å². The van der Waals surface area contributed by atoms with E-state index >= 15 is 0 Å². The van der Waals surface area contributed by atoms with Crippen molar-refractivity contribution in [3.63, 3.8) is 0 Å². The van der Waals surface area contributed by atoms with E-state index in [1.54, 1.807) is 12.1 Å². The molecule has 20 heavy (non-hydrogen) atoms. The molecule has 0 spiro atoms. The van der Waals surface area contributed by atoms with E-state index in [9.17, 15) is 4.79 Å². The zero-order valence-electron chi connectivity index (χ0n) is 11.4. The molecule has 1 aliphatic rings. The third-order valence-corrected chi connectivity index (χ3v) is 4.00. The lowest BCUT2D eigenvalue weighted by Gasteiger charge is -2.34. The van der Waals surface area contributed by atoms with Crippen LogP contribution in [0.15, 0.2) is 18.2 Å². The molecule has 2 N–H and O–H groups in total. The third-order valence-electron chi connectivity index (χ3n) is 3.44. The van der Waals surface area contributed by atoms with E-state index in [1.165, 1.54) is 0 Å². The van der Waals surface area contributed by atoms with Crippen LogP contribution < -0.4 is 5.73 Å². The molecule has 0 aliphatic carbocycles. The van der Waals surface area contributed by atoms with Gasteiger partial charge in [-0.15, -0.1) is 0 Å². The summed E-state index contributed by atoms with van der Waals surface area (Å²) in [5.74, 6) is 0.0553. The second-order valence-corrected chi connectivity index (χ2v) is 5.93. The van der Waals surface area contributed by atoms with Gasteiger partial charge >= 0.3 is 0 Å². The van der Waals surface area contributed by atoms with Crippen molar-refractivity contribution in [2.45, 2.75) is 6.92 Å². The fourth-order valence-corrected chi connectivity index (χ4v) is 2.59. The summed E-state index contributed by atoms with van der Waals surface area (Å²) >= 11 is 10.9. The first-order chi connectivity index (χ1) is 9.47. The smallest absolute Gasteiger partial charge is 0.253 e. The van der Waals surface area contributed by atoms with Gasteiger partial charge in [-0.1, -0.05) is 23.8 Å². The maximum absolute atomic E-state index is 12.4. The minimum Gasteiger partial charge on any atom is -0.392 e. The molecule has 4 nitrogen and oxygen atoms in total. The fraction of sp³-hybridized carbons (Fsp3) is 0.429. The summed E-state index contributed by atoms with van der Waals surface area (Å²) in [4.78, 5) is 16.9. The van der Waals surface area contributed by atoms with Crippen LogP contribution in [0.4, 0.5) is 0 Å². The lowest BCUT2D eigenvalue weighted by molar-refractivity contribution is 0.0654. The second kappa shape index (κ2) is 6.52. The predicted octanol–water partition coefficient (Wildman–Crippen LogP) is 1.69. The molecule has 0 atom stereocenters. The Labute approximate surface area is 129 Å². The third kappa shape index (κ3) is 3.69. The van der Waals surface area contributed by atoms with E-state index < -0.39 is 0 Å². The minimum atomic E-state index is 0.0553. The van der Waals surface area contributed by atoms with Gasteiger partial charge in [0.15, 0.2) is 0 Å². The number of rotatable bonds is 3. The molecular weight excluding hydrogens is 294 g/mol. The number of piperazine rings is 1. The molecule has 1 fully saturated rings. The van der Waals surface area contributed by atoms with Crippen LogP contribution in [0.5, 0.6) is 0 Å². The molecule has 1 heterocycles. The van der Waals surface area contributed by atoms with Crippen LogP contribution in [0.25, 0.3) is 0 Å². The molecule has 1 aliphatic heterocycles. The van der Waals surface area contributed by atoms with Crippen molar-refractivity contribution < 1.29 is 4.79 Å². The second-order valence-electron chi connectivity index (χ2n) is 5.00. The number of aryl methyl sites for hydroxylation is 1. The first-order valence-electron chi connectivity index (χ1n) is 6.53. The molecule has 1 aromatic carbocycles. The number of benzene rings is 1. The van der Waals surface area contributed by atoms with Crippen molar-refractivity contribution in [3.05, 3.63) is 34.3 Å². The number of carbonyl (C=O) groups excluding carboxylic acids is 1. The standard InChI is InChI=1S/C14H18ClN3OS/c1-10-8-11(2-3-12(10)15)14(19)18-6-4-17(5-7-18)9-13(16)20/h2-3,8H,4-7,9H2,1H3,(H2,16,20). The van der Waals surface area contributed by atoms with E-state index in [1.807, 2.05) is 17.9 Å². The molecule has 1 amide bonds. The summed E-state index contributed by atoms with van der Waals surface area (Å²) < 4.78 is 0. The van der Waals surface area contributed by atoms with Crippen LogP contribution in [0.1, 0.15) is 15.9 Å². The number of nitrogens with zero attached hydrogens (tertiary/aromatic N) is 2. The van der Waals surface area contributed by atoms with E-state index in [2.05, 4.69) is 4.90 Å². The lowest BCUT2D eigenvalue weighted by atomic mass is 10.1. The van der Waals surface area contributed by atoms with Gasteiger partial charge in [0.2, 0.25) is 0 Å². The Morgan fingerprint density at radius 2 is 2.00 bits per heavy atom. The SMILES string of the molecule is Cc1cc(C(=O)N2CCN(CC(N)=S)CC2)ccc1Cl. The first-order valence-corrected chi connectivity index (χ1v) is 7.32. The van der Waals surface area contributed by atoms with Crippen LogP contribution in [-0.2, 0) is 0 Å². The molecule has 1 saturated heterocycles. The van der Waals surface area contributed by atoms with Crippen LogP contribution in [-0.4, -0.2) is 53.4 Å². The van der Waals surface area contributed by atoms with Crippen LogP contribution in [0.3, 0.4) is 0 Å². The summed E-state index contributed by atoms with van der Waals surface area (Å²) in [6, 6.07) is 5.39. The summed E-state index contributed by atoms with van der Waals surface area (Å²) in [5.41, 5.74) is 7.15. The number of hydrogen-bond donors (Lipinski definition) is 1. The number of amides is 1. The molecule has 0 bridgehead atoms. The predicted molar refractivity (Wildman–Crippen MR) is 85.3 cm³/mol. The van der Waals surface area contributed by atoms with E-state index in [0.717, 1.165) is 18.7 Å². The Balaban J connectivity index is 1.97. The number of nitrogens with two attached hydrogens (primary N) is 1. The van der Waals surface area contributed by atoms with Crippen molar-refractivity contribution in [2.75, 3.05) is 32.7 Å². The van der Waals surface area contributed by atoms with E-state index in [0.29, 0.717) is 35.2 Å². The molecule has 0 unspecified atom stereocenters. The van der Waals surface area contributed by atoms with Gasteiger partial charge < -0.3 is 10.6 Å². The molecule has 0 aromatic heterocycles. The minimum absolute atomic E-state index is 0.0553. The number of halogens is 1. The maximum atomic E-state index is 12.4. The summed E-state index contributed by atoms with van der Waals surface area (Å²) in [7, 11) is 0. The molecule has 1 aromatic rings. The van der Waals surface area contributed by atoms with Gasteiger partial charge in [-0.05, 0) is 30.7 Å². The van der Waals surface area contributed by atoms with Crippen molar-refractivity contribution in [2.24, 2.45) is 5.73 Å². The Morgan fingerprint density at radius 3 is 2.55 bits per heavy atom. The Morgan fingerprint density at radius 1 is 1.35 bits per heavy atom. The lowest BCUT2D eigenvalue weighted by Crippen LogP contribution is -2.50. The maximum Gasteiger partial charge on any atom is 0.253 e. The monoisotopic (exact) mass is 311 g/mol. The highest BCUT2D eigenvalue weighted by Gasteiger charge is 2.22. The Kier molecular flexibility index (Phi) is 4.96. The molecule has 108 valence electrons. The van der Waals surface area contributed by atoms with Gasteiger partial charge in [-0.3, -0.25) is 9.69 Å². The normalized spacial score (nSPS) is 16.2. The van der Waals surface area contributed by atoms with Gasteiger partial charge in [0.05, 0.1) is 4.99 Å². The van der Waals surface area contributed by atoms with Gasteiger partial charge in [-0.2, -0.15) is 0 Å². The zero-order valence-corrected chi connectivity index (χ0v) is 13.0. The van der Waals surface area contributed by atoms with Crippen LogP contribution in [0, 0.1) is 6.92 Å². The van der Waals surface area contributed by atoms with Gasteiger partial charge in [0.25, 0.3) is 5.91 Å². The Bertz CT molecular complexity index is 527. The summed E-state index contributed by atoms with van der Waals surface area (Å²) in [6.45, 7) is 5.52. The largest absolute Gasteiger partial charge is 0.392 e. The topological polar surface area (TPSA) is 49.6 Å². The number of carbonyl (C=O) groups is 1. The van der Waals surface area contributed by atoms with Crippen molar-refractivity contribution >= 4 is 34.7 Å². The van der Waals surface area contributed by atoms with Gasteiger partial charge in [0, 0.05) is 43.3 Å². The van der Waals surface area contributed by atoms with E-state index in [4.69, 9.17) is 29.6 Å². The van der Waals surface area contributed by atoms with Crippen molar-refractivity contribution in [3.8, 4) is 0 Å². The molecule has 6 heteroatoms. The summed E-state index contributed by atoms with van der Waals surface area (Å²) in [6.07, 6.45) is 0. The number of thiocarbonyl (C=S) groups is 1. The zero-order chi connectivity index (χ0) is 14.7. The first kappa shape index (κ1) is 15.2. The van der Waals surface area contributed by atoms with Gasteiger partial charge in [-0.25, -0.2) is 0 Å². The van der Waals surface area contributed by atoms with Crippen LogP contribution >= 0.6 is 23.8 Å². The molecular formula is C14H18ClN3OS. The fourth-order valence-electron chi connectivity index (χ4n) is 2.29. The van der Waals surface area contributed by atoms with Crippen molar-refractivity contribution in [1.82, 2.24) is 9.80 Å². The molecule has 0 saturated carbocycles.